The average Bonchev–Trinajstić information content (AvgIpc) is 3.18. The van der Waals surface area contributed by atoms with Crippen LogP contribution in [0.1, 0.15) is 12.8 Å². The highest BCUT2D eigenvalue weighted by Gasteiger charge is 2.37. The summed E-state index contributed by atoms with van der Waals surface area (Å²) in [4.78, 5) is 24.2. The molecule has 0 bridgehead atoms. The van der Waals surface area contributed by atoms with Crippen LogP contribution in [0.2, 0.25) is 0 Å². The Kier molecular flexibility index (Phi) is 3.69. The lowest BCUT2D eigenvalue weighted by molar-refractivity contribution is -0.139. The SMILES string of the molecule is CN(C(=O)NC(C(=O)O)C1CC1)c1cccc(F)c1. The molecule has 0 heterocycles. The molecule has 2 rings (SSSR count). The van der Waals surface area contributed by atoms with Crippen molar-refractivity contribution in [2.24, 2.45) is 5.92 Å². The predicted molar refractivity (Wildman–Crippen MR) is 67.5 cm³/mol. The van der Waals surface area contributed by atoms with Gasteiger partial charge < -0.3 is 10.4 Å². The van der Waals surface area contributed by atoms with E-state index in [1.54, 1.807) is 6.07 Å². The first-order valence-corrected chi connectivity index (χ1v) is 6.01. The quantitative estimate of drug-likeness (QED) is 0.873. The van der Waals surface area contributed by atoms with Crippen LogP contribution in [-0.2, 0) is 4.79 Å². The number of carboxylic acids is 1. The van der Waals surface area contributed by atoms with Crippen molar-refractivity contribution in [1.82, 2.24) is 5.32 Å². The van der Waals surface area contributed by atoms with E-state index >= 15 is 0 Å². The summed E-state index contributed by atoms with van der Waals surface area (Å²) < 4.78 is 13.1. The Bertz CT molecular complexity index is 502. The molecular formula is C13H15FN2O3. The van der Waals surface area contributed by atoms with Gasteiger partial charge in [0, 0.05) is 12.7 Å². The minimum absolute atomic E-state index is 0.00218. The molecule has 5 nitrogen and oxygen atoms in total. The molecule has 1 aromatic carbocycles. The number of hydrogen-bond acceptors (Lipinski definition) is 2. The second kappa shape index (κ2) is 5.26. The van der Waals surface area contributed by atoms with Crippen LogP contribution in [0.25, 0.3) is 0 Å². The van der Waals surface area contributed by atoms with Crippen molar-refractivity contribution in [3.05, 3.63) is 30.1 Å². The van der Waals surface area contributed by atoms with Crippen LogP contribution in [0.15, 0.2) is 24.3 Å². The fraction of sp³-hybridized carbons (Fsp3) is 0.385. The van der Waals surface area contributed by atoms with Gasteiger partial charge in [-0.25, -0.2) is 14.0 Å². The number of amides is 2. The molecule has 0 aromatic heterocycles. The first-order chi connectivity index (χ1) is 8.99. The van der Waals surface area contributed by atoms with Gasteiger partial charge in [0.15, 0.2) is 0 Å². The molecule has 1 saturated carbocycles. The van der Waals surface area contributed by atoms with Gasteiger partial charge in [-0.3, -0.25) is 4.90 Å². The fourth-order valence-corrected chi connectivity index (χ4v) is 1.84. The number of carbonyl (C=O) groups is 2. The van der Waals surface area contributed by atoms with Crippen LogP contribution < -0.4 is 10.2 Å². The van der Waals surface area contributed by atoms with Crippen molar-refractivity contribution in [2.45, 2.75) is 18.9 Å². The number of hydrogen-bond donors (Lipinski definition) is 2. The molecule has 6 heteroatoms. The average molecular weight is 266 g/mol. The molecular weight excluding hydrogens is 251 g/mol. The summed E-state index contributed by atoms with van der Waals surface area (Å²) in [5, 5.41) is 11.5. The van der Waals surface area contributed by atoms with Crippen LogP contribution in [0.4, 0.5) is 14.9 Å². The molecule has 102 valence electrons. The molecule has 1 fully saturated rings. The summed E-state index contributed by atoms with van der Waals surface area (Å²) in [6.07, 6.45) is 1.61. The van der Waals surface area contributed by atoms with E-state index in [4.69, 9.17) is 5.11 Å². The highest BCUT2D eigenvalue weighted by molar-refractivity contribution is 5.94. The smallest absolute Gasteiger partial charge is 0.326 e. The maximum absolute atomic E-state index is 13.1. The van der Waals surface area contributed by atoms with E-state index in [0.717, 1.165) is 12.8 Å². The topological polar surface area (TPSA) is 69.6 Å². The van der Waals surface area contributed by atoms with E-state index in [1.165, 1.54) is 30.1 Å². The Hall–Kier alpha value is -2.11. The van der Waals surface area contributed by atoms with Gasteiger partial charge in [0.2, 0.25) is 0 Å². The second-order valence-corrected chi connectivity index (χ2v) is 4.64. The lowest BCUT2D eigenvalue weighted by atomic mass is 10.2. The third-order valence-electron chi connectivity index (χ3n) is 3.14. The van der Waals surface area contributed by atoms with E-state index in [2.05, 4.69) is 5.32 Å². The highest BCUT2D eigenvalue weighted by Crippen LogP contribution is 2.32. The molecule has 0 aliphatic heterocycles. The third kappa shape index (κ3) is 3.21. The van der Waals surface area contributed by atoms with Crippen molar-refractivity contribution in [1.29, 1.82) is 0 Å². The summed E-state index contributed by atoms with van der Waals surface area (Å²) >= 11 is 0. The highest BCUT2D eigenvalue weighted by atomic mass is 19.1. The lowest BCUT2D eigenvalue weighted by Gasteiger charge is -2.21. The van der Waals surface area contributed by atoms with Crippen LogP contribution in [0.3, 0.4) is 0 Å². The van der Waals surface area contributed by atoms with E-state index in [0.29, 0.717) is 5.69 Å². The molecule has 2 N–H and O–H groups in total. The zero-order valence-electron chi connectivity index (χ0n) is 10.5. The van der Waals surface area contributed by atoms with Crippen LogP contribution in [0, 0.1) is 11.7 Å². The molecule has 2 amide bonds. The molecule has 1 unspecified atom stereocenters. The fourth-order valence-electron chi connectivity index (χ4n) is 1.84. The van der Waals surface area contributed by atoms with E-state index in [9.17, 15) is 14.0 Å². The summed E-state index contributed by atoms with van der Waals surface area (Å²) in [5.74, 6) is -1.49. The molecule has 19 heavy (non-hydrogen) atoms. The zero-order chi connectivity index (χ0) is 14.0. The van der Waals surface area contributed by atoms with Crippen molar-refractivity contribution in [3.8, 4) is 0 Å². The molecule has 0 spiro atoms. The van der Waals surface area contributed by atoms with Crippen molar-refractivity contribution < 1.29 is 19.1 Å². The summed E-state index contributed by atoms with van der Waals surface area (Å²) in [7, 11) is 1.47. The molecule has 1 aromatic rings. The molecule has 0 radical (unpaired) electrons. The van der Waals surface area contributed by atoms with Gasteiger partial charge in [-0.1, -0.05) is 6.07 Å². The first-order valence-electron chi connectivity index (χ1n) is 6.01. The Morgan fingerprint density at radius 1 is 1.47 bits per heavy atom. The zero-order valence-corrected chi connectivity index (χ0v) is 10.5. The lowest BCUT2D eigenvalue weighted by Crippen LogP contribution is -2.48. The van der Waals surface area contributed by atoms with E-state index < -0.39 is 23.9 Å². The van der Waals surface area contributed by atoms with Crippen molar-refractivity contribution in [3.63, 3.8) is 0 Å². The standard InChI is InChI=1S/C13H15FN2O3/c1-16(10-4-2-3-9(14)7-10)13(19)15-11(12(17)18)8-5-6-8/h2-4,7-8,11H,5-6H2,1H3,(H,15,19)(H,17,18). The van der Waals surface area contributed by atoms with Crippen LogP contribution >= 0.6 is 0 Å². The molecule has 1 atom stereocenters. The number of carbonyl (C=O) groups excluding carboxylic acids is 1. The van der Waals surface area contributed by atoms with E-state index in [1.807, 2.05) is 0 Å². The van der Waals surface area contributed by atoms with Gasteiger partial charge in [0.05, 0.1) is 0 Å². The number of aliphatic carboxylic acids is 1. The van der Waals surface area contributed by atoms with Gasteiger partial charge in [0.1, 0.15) is 11.9 Å². The Morgan fingerprint density at radius 2 is 2.16 bits per heavy atom. The normalized spacial score (nSPS) is 15.7. The van der Waals surface area contributed by atoms with Gasteiger partial charge in [-0.2, -0.15) is 0 Å². The molecule has 1 aliphatic rings. The maximum atomic E-state index is 13.1. The number of anilines is 1. The summed E-state index contributed by atoms with van der Waals surface area (Å²) in [6.45, 7) is 0. The van der Waals surface area contributed by atoms with Crippen molar-refractivity contribution in [2.75, 3.05) is 11.9 Å². The maximum Gasteiger partial charge on any atom is 0.326 e. The third-order valence-corrected chi connectivity index (χ3v) is 3.14. The monoisotopic (exact) mass is 266 g/mol. The number of halogens is 1. The predicted octanol–water partition coefficient (Wildman–Crippen LogP) is 1.83. The van der Waals surface area contributed by atoms with Crippen LogP contribution in [0.5, 0.6) is 0 Å². The largest absolute Gasteiger partial charge is 0.480 e. The second-order valence-electron chi connectivity index (χ2n) is 4.64. The molecule has 1 aliphatic carbocycles. The Labute approximate surface area is 110 Å². The number of carboxylic acid groups (broad SMARTS) is 1. The number of benzene rings is 1. The first kappa shape index (κ1) is 13.3. The summed E-state index contributed by atoms with van der Waals surface area (Å²) in [5.41, 5.74) is 0.373. The van der Waals surface area contributed by atoms with Gasteiger partial charge in [0.25, 0.3) is 0 Å². The van der Waals surface area contributed by atoms with Crippen molar-refractivity contribution >= 4 is 17.7 Å². The molecule has 0 saturated heterocycles. The Morgan fingerprint density at radius 3 is 2.68 bits per heavy atom. The minimum Gasteiger partial charge on any atom is -0.480 e. The van der Waals surface area contributed by atoms with Gasteiger partial charge in [-0.15, -0.1) is 0 Å². The number of urea groups is 1. The van der Waals surface area contributed by atoms with Gasteiger partial charge in [-0.05, 0) is 37.0 Å². The van der Waals surface area contributed by atoms with Gasteiger partial charge >= 0.3 is 12.0 Å². The van der Waals surface area contributed by atoms with E-state index in [-0.39, 0.29) is 5.92 Å². The van der Waals surface area contributed by atoms with Crippen LogP contribution in [-0.4, -0.2) is 30.2 Å². The summed E-state index contributed by atoms with van der Waals surface area (Å²) in [6, 6.07) is 4.14. The number of nitrogens with one attached hydrogen (secondary N) is 1. The number of rotatable bonds is 4. The number of nitrogens with zero attached hydrogens (tertiary/aromatic N) is 1. The Balaban J connectivity index is 2.04. The minimum atomic E-state index is -1.04.